The average Bonchev–Trinajstić information content (AvgIpc) is 2.34. The predicted molar refractivity (Wildman–Crippen MR) is 66.0 cm³/mol. The van der Waals surface area contributed by atoms with E-state index in [0.717, 1.165) is 0 Å². The van der Waals surface area contributed by atoms with E-state index >= 15 is 0 Å². The van der Waals surface area contributed by atoms with Crippen molar-refractivity contribution in [3.05, 3.63) is 35.4 Å². The fraction of sp³-hybridized carbons (Fsp3) is 0.462. The number of nitrogens with one attached hydrogen (secondary N) is 1. The molecule has 0 aliphatic heterocycles. The summed E-state index contributed by atoms with van der Waals surface area (Å²) < 4.78 is 26.6. The molecule has 0 heterocycles. The van der Waals surface area contributed by atoms with Crippen molar-refractivity contribution in [2.45, 2.75) is 20.4 Å². The number of nitrogens with zero attached hydrogens (tertiary/aromatic N) is 1. The molecule has 0 spiro atoms. The molecule has 1 N–H and O–H groups in total. The van der Waals surface area contributed by atoms with E-state index in [4.69, 9.17) is 0 Å². The minimum atomic E-state index is -0.599. The molecule has 0 fully saturated rings. The molecule has 1 aromatic rings. The van der Waals surface area contributed by atoms with Crippen molar-refractivity contribution in [2.75, 3.05) is 19.6 Å². The monoisotopic (exact) mass is 256 g/mol. The summed E-state index contributed by atoms with van der Waals surface area (Å²) in [5.74, 6) is -1.27. The molecule has 1 amide bonds. The standard InChI is InChI=1S/C13H18F2N2O/c1-3-17(4-2)13(18)9-16-8-10-11(14)6-5-7-12(10)15/h5-7,16H,3-4,8-9H2,1-2H3. The van der Waals surface area contributed by atoms with Gasteiger partial charge in [-0.05, 0) is 26.0 Å². The number of rotatable bonds is 6. The maximum Gasteiger partial charge on any atom is 0.236 e. The number of carbonyl (C=O) groups excluding carboxylic acids is 1. The van der Waals surface area contributed by atoms with Crippen molar-refractivity contribution in [1.82, 2.24) is 10.2 Å². The van der Waals surface area contributed by atoms with Crippen LogP contribution in [-0.4, -0.2) is 30.4 Å². The van der Waals surface area contributed by atoms with Crippen LogP contribution in [0.3, 0.4) is 0 Å². The number of hydrogen-bond acceptors (Lipinski definition) is 2. The van der Waals surface area contributed by atoms with Crippen molar-refractivity contribution in [3.63, 3.8) is 0 Å². The van der Waals surface area contributed by atoms with E-state index in [1.165, 1.54) is 18.2 Å². The molecule has 0 aliphatic rings. The van der Waals surface area contributed by atoms with Gasteiger partial charge in [-0.3, -0.25) is 4.79 Å². The van der Waals surface area contributed by atoms with Gasteiger partial charge in [0.1, 0.15) is 11.6 Å². The highest BCUT2D eigenvalue weighted by Crippen LogP contribution is 2.11. The Labute approximate surface area is 106 Å². The number of hydrogen-bond donors (Lipinski definition) is 1. The third-order valence-corrected chi connectivity index (χ3v) is 2.76. The molecule has 18 heavy (non-hydrogen) atoms. The first-order valence-electron chi connectivity index (χ1n) is 6.01. The molecule has 1 aromatic carbocycles. The summed E-state index contributed by atoms with van der Waals surface area (Å²) in [4.78, 5) is 13.3. The summed E-state index contributed by atoms with van der Waals surface area (Å²) in [6.45, 7) is 5.12. The Balaban J connectivity index is 2.49. The van der Waals surface area contributed by atoms with Gasteiger partial charge in [0.2, 0.25) is 5.91 Å². The van der Waals surface area contributed by atoms with Crippen molar-refractivity contribution in [1.29, 1.82) is 0 Å². The lowest BCUT2D eigenvalue weighted by Gasteiger charge is -2.18. The van der Waals surface area contributed by atoms with Crippen LogP contribution >= 0.6 is 0 Å². The van der Waals surface area contributed by atoms with Crippen molar-refractivity contribution >= 4 is 5.91 Å². The molecule has 0 saturated carbocycles. The molecule has 0 aromatic heterocycles. The zero-order chi connectivity index (χ0) is 13.5. The van der Waals surface area contributed by atoms with Crippen molar-refractivity contribution < 1.29 is 13.6 Å². The molecule has 0 saturated heterocycles. The van der Waals surface area contributed by atoms with E-state index in [9.17, 15) is 13.6 Å². The summed E-state index contributed by atoms with van der Waals surface area (Å²) in [6, 6.07) is 3.72. The van der Waals surface area contributed by atoms with Gasteiger partial charge < -0.3 is 10.2 Å². The third kappa shape index (κ3) is 3.77. The van der Waals surface area contributed by atoms with Crippen LogP contribution in [0.25, 0.3) is 0 Å². The molecule has 100 valence electrons. The first kappa shape index (κ1) is 14.6. The molecule has 0 radical (unpaired) electrons. The van der Waals surface area contributed by atoms with Gasteiger partial charge >= 0.3 is 0 Å². The van der Waals surface area contributed by atoms with Crippen LogP contribution in [0.2, 0.25) is 0 Å². The highest BCUT2D eigenvalue weighted by molar-refractivity contribution is 5.78. The second-order valence-electron chi connectivity index (χ2n) is 3.87. The molecule has 0 unspecified atom stereocenters. The second-order valence-corrected chi connectivity index (χ2v) is 3.87. The Kier molecular flexibility index (Phi) is 5.71. The number of amides is 1. The summed E-state index contributed by atoms with van der Waals surface area (Å²) in [6.07, 6.45) is 0. The fourth-order valence-corrected chi connectivity index (χ4v) is 1.68. The maximum atomic E-state index is 13.3. The number of benzene rings is 1. The van der Waals surface area contributed by atoms with E-state index in [2.05, 4.69) is 5.32 Å². The Morgan fingerprint density at radius 1 is 1.22 bits per heavy atom. The lowest BCUT2D eigenvalue weighted by molar-refractivity contribution is -0.129. The lowest BCUT2D eigenvalue weighted by atomic mass is 10.2. The lowest BCUT2D eigenvalue weighted by Crippen LogP contribution is -2.37. The van der Waals surface area contributed by atoms with Crippen LogP contribution in [0.4, 0.5) is 8.78 Å². The SMILES string of the molecule is CCN(CC)C(=O)CNCc1c(F)cccc1F. The maximum absolute atomic E-state index is 13.3. The third-order valence-electron chi connectivity index (χ3n) is 2.76. The molecule has 5 heteroatoms. The normalized spacial score (nSPS) is 10.4. The van der Waals surface area contributed by atoms with Gasteiger partial charge in [0.05, 0.1) is 6.54 Å². The molecular formula is C13H18F2N2O. The molecule has 1 rings (SSSR count). The molecule has 0 atom stereocenters. The topological polar surface area (TPSA) is 32.3 Å². The van der Waals surface area contributed by atoms with Crippen LogP contribution in [-0.2, 0) is 11.3 Å². The summed E-state index contributed by atoms with van der Waals surface area (Å²) in [5.41, 5.74) is -0.0372. The van der Waals surface area contributed by atoms with Crippen LogP contribution in [0.15, 0.2) is 18.2 Å². The van der Waals surface area contributed by atoms with E-state index < -0.39 is 11.6 Å². The van der Waals surface area contributed by atoms with Gasteiger partial charge in [-0.1, -0.05) is 6.07 Å². The van der Waals surface area contributed by atoms with Crippen molar-refractivity contribution in [2.24, 2.45) is 0 Å². The minimum Gasteiger partial charge on any atom is -0.342 e. The second kappa shape index (κ2) is 7.06. The first-order chi connectivity index (χ1) is 8.60. The fourth-order valence-electron chi connectivity index (χ4n) is 1.68. The number of likely N-dealkylation sites (N-methyl/N-ethyl adjacent to an activating group) is 1. The van der Waals surface area contributed by atoms with E-state index in [1.807, 2.05) is 13.8 Å². The Bertz CT molecular complexity index is 386. The summed E-state index contributed by atoms with van der Waals surface area (Å²) in [7, 11) is 0. The van der Waals surface area contributed by atoms with Crippen LogP contribution in [0.1, 0.15) is 19.4 Å². The van der Waals surface area contributed by atoms with Gasteiger partial charge in [-0.2, -0.15) is 0 Å². The number of carbonyl (C=O) groups is 1. The van der Waals surface area contributed by atoms with E-state index in [1.54, 1.807) is 4.90 Å². The first-order valence-corrected chi connectivity index (χ1v) is 6.01. The minimum absolute atomic E-state index is 0.00547. The molecule has 0 aliphatic carbocycles. The van der Waals surface area contributed by atoms with Crippen LogP contribution in [0.5, 0.6) is 0 Å². The summed E-state index contributed by atoms with van der Waals surface area (Å²) >= 11 is 0. The van der Waals surface area contributed by atoms with Gasteiger partial charge in [0.25, 0.3) is 0 Å². The van der Waals surface area contributed by atoms with E-state index in [0.29, 0.717) is 13.1 Å². The smallest absolute Gasteiger partial charge is 0.236 e. The molecule has 0 bridgehead atoms. The predicted octanol–water partition coefficient (Wildman–Crippen LogP) is 1.92. The Morgan fingerprint density at radius 3 is 2.28 bits per heavy atom. The highest BCUT2D eigenvalue weighted by Gasteiger charge is 2.11. The Hall–Kier alpha value is -1.49. The van der Waals surface area contributed by atoms with Gasteiger partial charge in [0.15, 0.2) is 0 Å². The highest BCUT2D eigenvalue weighted by atomic mass is 19.1. The van der Waals surface area contributed by atoms with Gasteiger partial charge in [-0.15, -0.1) is 0 Å². The summed E-state index contributed by atoms with van der Waals surface area (Å²) in [5, 5.41) is 2.76. The number of halogens is 2. The van der Waals surface area contributed by atoms with E-state index in [-0.39, 0.29) is 24.6 Å². The average molecular weight is 256 g/mol. The molecular weight excluding hydrogens is 238 g/mol. The van der Waals surface area contributed by atoms with Crippen LogP contribution < -0.4 is 5.32 Å². The zero-order valence-corrected chi connectivity index (χ0v) is 10.7. The molecule has 3 nitrogen and oxygen atoms in total. The van der Waals surface area contributed by atoms with Gasteiger partial charge in [0, 0.05) is 25.2 Å². The zero-order valence-electron chi connectivity index (χ0n) is 10.7. The largest absolute Gasteiger partial charge is 0.342 e. The van der Waals surface area contributed by atoms with Crippen LogP contribution in [0, 0.1) is 11.6 Å². The van der Waals surface area contributed by atoms with Gasteiger partial charge in [-0.25, -0.2) is 8.78 Å². The van der Waals surface area contributed by atoms with Crippen molar-refractivity contribution in [3.8, 4) is 0 Å². The quantitative estimate of drug-likeness (QED) is 0.843. The Morgan fingerprint density at radius 2 is 1.78 bits per heavy atom.